The van der Waals surface area contributed by atoms with E-state index in [1.165, 1.54) is 0 Å². The Labute approximate surface area is 127 Å². The molecule has 0 bridgehead atoms. The number of hydrogen-bond acceptors (Lipinski definition) is 3. The van der Waals surface area contributed by atoms with Crippen LogP contribution < -0.4 is 0 Å². The quantitative estimate of drug-likeness (QED) is 0.800. The summed E-state index contributed by atoms with van der Waals surface area (Å²) in [4.78, 5) is 4.40. The largest absolute Gasteiger partial charge is 0.507 e. The highest BCUT2D eigenvalue weighted by Gasteiger charge is 2.11. The molecular weight excluding hydrogens is 328 g/mol. The summed E-state index contributed by atoms with van der Waals surface area (Å²) in [5, 5.41) is 18.7. The van der Waals surface area contributed by atoms with Gasteiger partial charge in [-0.15, -0.1) is 12.4 Å². The Morgan fingerprint density at radius 2 is 2.05 bits per heavy atom. The van der Waals surface area contributed by atoms with Crippen molar-refractivity contribution in [1.82, 2.24) is 4.98 Å². The summed E-state index contributed by atoms with van der Waals surface area (Å²) in [6, 6.07) is 5.40. The summed E-state index contributed by atoms with van der Waals surface area (Å²) in [5.41, 5.74) is 3.11. The van der Waals surface area contributed by atoms with Gasteiger partial charge in [-0.1, -0.05) is 13.3 Å². The number of pyridine rings is 1. The number of fused-ring (bicyclic) bond motifs is 1. The molecule has 3 nitrogen and oxygen atoms in total. The number of halogens is 2. The highest BCUT2D eigenvalue weighted by molar-refractivity contribution is 9.10. The minimum atomic E-state index is 0. The Balaban J connectivity index is 0.00000180. The van der Waals surface area contributed by atoms with E-state index in [9.17, 15) is 5.11 Å². The van der Waals surface area contributed by atoms with Gasteiger partial charge in [0.05, 0.1) is 9.99 Å². The molecule has 0 atom stereocenters. The fraction of sp³-hybridized carbons (Fsp3) is 0.286. The number of nitrogens with zero attached hydrogens (tertiary/aromatic N) is 1. The van der Waals surface area contributed by atoms with Crippen molar-refractivity contribution in [3.63, 3.8) is 0 Å². The zero-order valence-electron chi connectivity index (χ0n) is 10.8. The van der Waals surface area contributed by atoms with Gasteiger partial charge < -0.3 is 10.5 Å². The number of phenols is 1. The van der Waals surface area contributed by atoms with Gasteiger partial charge in [0.15, 0.2) is 0 Å². The maximum absolute atomic E-state index is 9.70. The summed E-state index contributed by atoms with van der Waals surface area (Å²) in [6.45, 7) is 3.97. The van der Waals surface area contributed by atoms with Crippen LogP contribution in [0.15, 0.2) is 22.7 Å². The van der Waals surface area contributed by atoms with Crippen molar-refractivity contribution in [2.24, 2.45) is 0 Å². The first-order valence-corrected chi connectivity index (χ1v) is 6.70. The van der Waals surface area contributed by atoms with E-state index in [-0.39, 0.29) is 18.2 Å². The molecule has 0 amide bonds. The van der Waals surface area contributed by atoms with E-state index < -0.39 is 0 Å². The Morgan fingerprint density at radius 1 is 1.37 bits per heavy atom. The van der Waals surface area contributed by atoms with Gasteiger partial charge in [-0.25, -0.2) is 0 Å². The van der Waals surface area contributed by atoms with Crippen LogP contribution in [0.25, 0.3) is 10.9 Å². The van der Waals surface area contributed by atoms with E-state index in [1.807, 2.05) is 19.1 Å². The number of benzene rings is 1. The van der Waals surface area contributed by atoms with Gasteiger partial charge in [0.1, 0.15) is 5.75 Å². The maximum Gasteiger partial charge on any atom is 0.131 e. The monoisotopic (exact) mass is 342 g/mol. The average Bonchev–Trinajstić information content (AvgIpc) is 2.30. The van der Waals surface area contributed by atoms with E-state index in [1.54, 1.807) is 6.07 Å². The highest BCUT2D eigenvalue weighted by Crippen LogP contribution is 2.31. The summed E-state index contributed by atoms with van der Waals surface area (Å²) in [6.07, 6.45) is 1.69. The van der Waals surface area contributed by atoms with Crippen molar-refractivity contribution in [1.29, 1.82) is 5.41 Å². The number of aryl methyl sites for hydroxylation is 1. The molecule has 1 heterocycles. The first kappa shape index (κ1) is 15.9. The van der Waals surface area contributed by atoms with Crippen molar-refractivity contribution < 1.29 is 5.11 Å². The molecule has 0 aliphatic heterocycles. The van der Waals surface area contributed by atoms with E-state index >= 15 is 0 Å². The van der Waals surface area contributed by atoms with Crippen LogP contribution in [0.5, 0.6) is 5.75 Å². The van der Waals surface area contributed by atoms with Crippen molar-refractivity contribution in [3.05, 3.63) is 33.9 Å². The highest BCUT2D eigenvalue weighted by atomic mass is 79.9. The molecule has 0 saturated heterocycles. The van der Waals surface area contributed by atoms with Crippen LogP contribution in [0.4, 0.5) is 0 Å². The fourth-order valence-corrected chi connectivity index (χ4v) is 2.35. The van der Waals surface area contributed by atoms with Crippen molar-refractivity contribution in [2.45, 2.75) is 26.7 Å². The van der Waals surface area contributed by atoms with Gasteiger partial charge in [0.25, 0.3) is 0 Å². The van der Waals surface area contributed by atoms with Gasteiger partial charge in [-0.3, -0.25) is 4.98 Å². The lowest BCUT2D eigenvalue weighted by Crippen LogP contribution is -2.01. The van der Waals surface area contributed by atoms with Crippen molar-refractivity contribution >= 4 is 45.0 Å². The van der Waals surface area contributed by atoms with E-state index in [0.717, 1.165) is 35.0 Å². The zero-order chi connectivity index (χ0) is 13.3. The minimum absolute atomic E-state index is 0. The lowest BCUT2D eigenvalue weighted by atomic mass is 10.0. The van der Waals surface area contributed by atoms with Gasteiger partial charge in [0.2, 0.25) is 0 Å². The molecule has 102 valence electrons. The number of nitrogens with one attached hydrogen (secondary N) is 1. The van der Waals surface area contributed by atoms with Gasteiger partial charge in [-0.2, -0.15) is 0 Å². The molecule has 0 fully saturated rings. The summed E-state index contributed by atoms with van der Waals surface area (Å²) >= 11 is 3.31. The van der Waals surface area contributed by atoms with Crippen LogP contribution in [-0.4, -0.2) is 15.8 Å². The molecule has 0 saturated carbocycles. The molecule has 2 rings (SSSR count). The van der Waals surface area contributed by atoms with E-state index in [4.69, 9.17) is 5.41 Å². The molecule has 1 aromatic heterocycles. The molecule has 19 heavy (non-hydrogen) atoms. The molecule has 2 N–H and O–H groups in total. The number of hydrogen-bond donors (Lipinski definition) is 2. The summed E-state index contributed by atoms with van der Waals surface area (Å²) in [7, 11) is 0. The fourth-order valence-electron chi connectivity index (χ4n) is 2.00. The van der Waals surface area contributed by atoms with Crippen LogP contribution in [0.1, 0.15) is 31.0 Å². The second kappa shape index (κ2) is 6.35. The topological polar surface area (TPSA) is 57.0 Å². The third-order valence-electron chi connectivity index (χ3n) is 2.83. The smallest absolute Gasteiger partial charge is 0.131 e. The van der Waals surface area contributed by atoms with Crippen LogP contribution in [0.2, 0.25) is 0 Å². The van der Waals surface area contributed by atoms with Gasteiger partial charge in [-0.05, 0) is 41.4 Å². The lowest BCUT2D eigenvalue weighted by molar-refractivity contribution is 0.472. The predicted octanol–water partition coefficient (Wildman–Crippen LogP) is 4.60. The molecule has 5 heteroatoms. The number of phenolic OH excluding ortho intramolecular Hbond substituents is 1. The summed E-state index contributed by atoms with van der Waals surface area (Å²) in [5.74, 6) is 0.175. The SMILES string of the molecule is CCCC(=N)c1cc(C)nc2cc(O)c(Br)cc12.Cl. The zero-order valence-corrected chi connectivity index (χ0v) is 13.2. The average molecular weight is 344 g/mol. The first-order chi connectivity index (χ1) is 8.52. The van der Waals surface area contributed by atoms with Gasteiger partial charge >= 0.3 is 0 Å². The Bertz CT molecular complexity index is 628. The Hall–Kier alpha value is -1.13. The molecule has 2 aromatic rings. The van der Waals surface area contributed by atoms with Gasteiger partial charge in [0, 0.05) is 28.4 Å². The van der Waals surface area contributed by atoms with Crippen LogP contribution in [0, 0.1) is 12.3 Å². The van der Waals surface area contributed by atoms with Crippen LogP contribution in [-0.2, 0) is 0 Å². The first-order valence-electron chi connectivity index (χ1n) is 5.90. The van der Waals surface area contributed by atoms with E-state index in [2.05, 4.69) is 27.8 Å². The van der Waals surface area contributed by atoms with Crippen LogP contribution in [0.3, 0.4) is 0 Å². The summed E-state index contributed by atoms with van der Waals surface area (Å²) < 4.78 is 0.631. The van der Waals surface area contributed by atoms with Crippen molar-refractivity contribution in [3.8, 4) is 5.75 Å². The Morgan fingerprint density at radius 3 is 2.68 bits per heavy atom. The molecule has 0 aliphatic carbocycles. The van der Waals surface area contributed by atoms with Crippen molar-refractivity contribution in [2.75, 3.05) is 0 Å². The van der Waals surface area contributed by atoms with E-state index in [0.29, 0.717) is 10.2 Å². The standard InChI is InChI=1S/C14H15BrN2O.ClH/c1-3-4-12(16)9-5-8(2)17-13-7-14(18)11(15)6-10(9)13;/h5-7,16,18H,3-4H2,1-2H3;1H. The number of aromatic hydroxyl groups is 1. The molecular formula is C14H16BrClN2O. The maximum atomic E-state index is 9.70. The van der Waals surface area contributed by atoms with Crippen LogP contribution >= 0.6 is 28.3 Å². The number of rotatable bonds is 3. The molecule has 0 radical (unpaired) electrons. The third-order valence-corrected chi connectivity index (χ3v) is 3.47. The molecule has 0 aliphatic rings. The number of aromatic nitrogens is 1. The minimum Gasteiger partial charge on any atom is -0.507 e. The normalized spacial score (nSPS) is 10.3. The molecule has 0 spiro atoms. The second-order valence-electron chi connectivity index (χ2n) is 4.36. The molecule has 0 unspecified atom stereocenters. The third kappa shape index (κ3) is 3.25. The molecule has 1 aromatic carbocycles. The Kier molecular flexibility index (Phi) is 5.32. The lowest BCUT2D eigenvalue weighted by Gasteiger charge is -2.10. The predicted molar refractivity (Wildman–Crippen MR) is 84.8 cm³/mol. The second-order valence-corrected chi connectivity index (χ2v) is 5.21.